The van der Waals surface area contributed by atoms with Crippen LogP contribution in [0.3, 0.4) is 0 Å². The first-order chi connectivity index (χ1) is 13.9. The summed E-state index contributed by atoms with van der Waals surface area (Å²) in [5.41, 5.74) is 3.14. The van der Waals surface area contributed by atoms with E-state index in [1.165, 1.54) is 0 Å². The van der Waals surface area contributed by atoms with E-state index in [-0.39, 0.29) is 23.8 Å². The Hall–Kier alpha value is -3.22. The Morgan fingerprint density at radius 1 is 1.10 bits per heavy atom. The number of hydrogen-bond acceptors (Lipinski definition) is 6. The van der Waals surface area contributed by atoms with Gasteiger partial charge in [-0.1, -0.05) is 6.92 Å². The highest BCUT2D eigenvalue weighted by atomic mass is 16.6. The topological polar surface area (TPSA) is 74.3 Å². The summed E-state index contributed by atoms with van der Waals surface area (Å²) in [6, 6.07) is 3.49. The highest BCUT2D eigenvalue weighted by Gasteiger charge is 2.44. The Kier molecular flexibility index (Phi) is 4.61. The van der Waals surface area contributed by atoms with Gasteiger partial charge in [-0.05, 0) is 41.8 Å². The summed E-state index contributed by atoms with van der Waals surface area (Å²) >= 11 is 0. The first kappa shape index (κ1) is 19.1. The molecule has 0 radical (unpaired) electrons. The van der Waals surface area contributed by atoms with Crippen LogP contribution < -0.4 is 14.2 Å². The molecular weight excluding hydrogens is 374 g/mol. The Bertz CT molecular complexity index is 978. The lowest BCUT2D eigenvalue weighted by molar-refractivity contribution is -0.111. The summed E-state index contributed by atoms with van der Waals surface area (Å²) in [5.74, 6) is 2.00. The number of fused-ring (bicyclic) bond motifs is 1. The standard InChI is InChI=1S/C22H23NO6/c1-11-13-9-16-17(29-22(25)23(16)2)10-15(13)20(24)14(11)6-12-7-18(26-3)21(28-5)19(8-12)27-4/h6-8,10-11,16H,9H2,1-5H3. The van der Waals surface area contributed by atoms with Crippen LogP contribution in [-0.2, 0) is 9.53 Å². The molecule has 2 aliphatic carbocycles. The summed E-state index contributed by atoms with van der Waals surface area (Å²) in [6.07, 6.45) is 3.80. The monoisotopic (exact) mass is 397 g/mol. The van der Waals surface area contributed by atoms with Gasteiger partial charge in [-0.25, -0.2) is 4.79 Å². The number of ketones is 1. The van der Waals surface area contributed by atoms with E-state index in [4.69, 9.17) is 18.9 Å². The van der Waals surface area contributed by atoms with Crippen molar-refractivity contribution in [3.63, 3.8) is 0 Å². The predicted octanol–water partition coefficient (Wildman–Crippen LogP) is 3.35. The molecule has 1 fully saturated rings. The van der Waals surface area contributed by atoms with Crippen molar-refractivity contribution in [2.24, 2.45) is 5.92 Å². The number of Topliss-reactive ketones (excluding diaryl/α,β-unsaturated/α-hetero) is 1. The number of carbonyl (C=O) groups is 2. The summed E-state index contributed by atoms with van der Waals surface area (Å²) in [7, 11) is 6.38. The van der Waals surface area contributed by atoms with E-state index < -0.39 is 0 Å². The summed E-state index contributed by atoms with van der Waals surface area (Å²) < 4.78 is 21.5. The zero-order valence-electron chi connectivity index (χ0n) is 17.1. The van der Waals surface area contributed by atoms with Crippen molar-refractivity contribution < 1.29 is 28.5 Å². The van der Waals surface area contributed by atoms with Gasteiger partial charge >= 0.3 is 6.09 Å². The zero-order chi connectivity index (χ0) is 20.9. The van der Waals surface area contributed by atoms with Crippen molar-refractivity contribution in [1.29, 1.82) is 0 Å². The molecule has 1 saturated heterocycles. The molecule has 1 amide bonds. The molecule has 1 aliphatic heterocycles. The van der Waals surface area contributed by atoms with Crippen LogP contribution in [0, 0.1) is 5.92 Å². The number of nitrogens with zero attached hydrogens (tertiary/aromatic N) is 1. The molecule has 1 aromatic rings. The molecule has 3 aliphatic rings. The number of benzene rings is 1. The van der Waals surface area contributed by atoms with Gasteiger partial charge in [0.1, 0.15) is 5.76 Å². The molecule has 7 nitrogen and oxygen atoms in total. The average Bonchev–Trinajstić information content (AvgIpc) is 3.13. The lowest BCUT2D eigenvalue weighted by atomic mass is 9.89. The second-order valence-electron chi connectivity index (χ2n) is 7.29. The number of ether oxygens (including phenoxy) is 4. The molecule has 1 heterocycles. The number of methoxy groups -OCH3 is 3. The van der Waals surface area contributed by atoms with Crippen molar-refractivity contribution in [3.05, 3.63) is 46.3 Å². The zero-order valence-corrected chi connectivity index (χ0v) is 17.1. The van der Waals surface area contributed by atoms with Crippen LogP contribution in [0.5, 0.6) is 17.2 Å². The third-order valence-electron chi connectivity index (χ3n) is 5.84. The molecular formula is C22H23NO6. The lowest BCUT2D eigenvalue weighted by Gasteiger charge is -2.22. The number of rotatable bonds is 4. The highest BCUT2D eigenvalue weighted by Crippen LogP contribution is 2.45. The predicted molar refractivity (Wildman–Crippen MR) is 106 cm³/mol. The van der Waals surface area contributed by atoms with Gasteiger partial charge in [0.2, 0.25) is 5.75 Å². The van der Waals surface area contributed by atoms with E-state index in [0.29, 0.717) is 40.6 Å². The van der Waals surface area contributed by atoms with Crippen LogP contribution in [-0.4, -0.2) is 51.2 Å². The van der Waals surface area contributed by atoms with Gasteiger partial charge in [0.15, 0.2) is 17.3 Å². The van der Waals surface area contributed by atoms with E-state index in [9.17, 15) is 9.59 Å². The minimum absolute atomic E-state index is 0.0437. The number of likely N-dealkylation sites (N-methyl/N-ethyl adjacent to an activating group) is 1. The van der Waals surface area contributed by atoms with Crippen molar-refractivity contribution in [1.82, 2.24) is 4.90 Å². The van der Waals surface area contributed by atoms with Crippen molar-refractivity contribution >= 4 is 18.0 Å². The molecule has 0 aromatic heterocycles. The smallest absolute Gasteiger partial charge is 0.415 e. The maximum atomic E-state index is 13.1. The quantitative estimate of drug-likeness (QED) is 0.726. The molecule has 2 atom stereocenters. The molecule has 29 heavy (non-hydrogen) atoms. The van der Waals surface area contributed by atoms with Crippen LogP contribution in [0.25, 0.3) is 6.08 Å². The normalized spacial score (nSPS) is 24.4. The fraction of sp³-hybridized carbons (Fsp3) is 0.364. The third kappa shape index (κ3) is 2.88. The van der Waals surface area contributed by atoms with Gasteiger partial charge in [-0.15, -0.1) is 0 Å². The largest absolute Gasteiger partial charge is 0.493 e. The van der Waals surface area contributed by atoms with Gasteiger partial charge in [0.05, 0.1) is 27.4 Å². The van der Waals surface area contributed by atoms with E-state index in [1.807, 2.05) is 25.1 Å². The first-order valence-electron chi connectivity index (χ1n) is 9.35. The minimum Gasteiger partial charge on any atom is -0.493 e. The molecule has 0 N–H and O–H groups in total. The maximum absolute atomic E-state index is 13.1. The van der Waals surface area contributed by atoms with Gasteiger partial charge in [0, 0.05) is 24.1 Å². The molecule has 0 saturated carbocycles. The summed E-state index contributed by atoms with van der Waals surface area (Å²) in [6.45, 7) is 2.01. The van der Waals surface area contributed by atoms with E-state index >= 15 is 0 Å². The molecule has 1 aromatic carbocycles. The minimum atomic E-state index is -0.379. The number of allylic oxidation sites excluding steroid dienone is 3. The molecule has 2 unspecified atom stereocenters. The third-order valence-corrected chi connectivity index (χ3v) is 5.84. The second-order valence-corrected chi connectivity index (χ2v) is 7.29. The average molecular weight is 397 g/mol. The van der Waals surface area contributed by atoms with Crippen LogP contribution >= 0.6 is 0 Å². The Balaban J connectivity index is 1.71. The van der Waals surface area contributed by atoms with Crippen molar-refractivity contribution in [3.8, 4) is 17.2 Å². The molecule has 152 valence electrons. The first-order valence-corrected chi connectivity index (χ1v) is 9.35. The van der Waals surface area contributed by atoms with Gasteiger partial charge in [-0.3, -0.25) is 4.79 Å². The van der Waals surface area contributed by atoms with Crippen LogP contribution in [0.2, 0.25) is 0 Å². The Morgan fingerprint density at radius 3 is 2.34 bits per heavy atom. The van der Waals surface area contributed by atoms with Crippen LogP contribution in [0.4, 0.5) is 4.79 Å². The number of amides is 1. The Labute approximate surface area is 169 Å². The molecule has 7 heteroatoms. The van der Waals surface area contributed by atoms with E-state index in [0.717, 1.165) is 11.1 Å². The summed E-state index contributed by atoms with van der Waals surface area (Å²) in [4.78, 5) is 26.5. The fourth-order valence-corrected chi connectivity index (χ4v) is 4.19. The van der Waals surface area contributed by atoms with Crippen LogP contribution in [0.15, 0.2) is 40.7 Å². The summed E-state index contributed by atoms with van der Waals surface area (Å²) in [5, 5.41) is 0. The molecule has 0 bridgehead atoms. The lowest BCUT2D eigenvalue weighted by Crippen LogP contribution is -2.30. The van der Waals surface area contributed by atoms with E-state index in [1.54, 1.807) is 39.4 Å². The van der Waals surface area contributed by atoms with Crippen molar-refractivity contribution in [2.45, 2.75) is 19.4 Å². The second kappa shape index (κ2) is 6.99. The van der Waals surface area contributed by atoms with Gasteiger partial charge < -0.3 is 23.8 Å². The van der Waals surface area contributed by atoms with Gasteiger partial charge in [0.25, 0.3) is 0 Å². The highest BCUT2D eigenvalue weighted by molar-refractivity contribution is 6.17. The molecule has 0 spiro atoms. The number of carbonyl (C=O) groups excluding carboxylic acids is 2. The Morgan fingerprint density at radius 2 is 1.76 bits per heavy atom. The van der Waals surface area contributed by atoms with Crippen molar-refractivity contribution in [2.75, 3.05) is 28.4 Å². The fourth-order valence-electron chi connectivity index (χ4n) is 4.19. The van der Waals surface area contributed by atoms with E-state index in [2.05, 4.69) is 0 Å². The SMILES string of the molecule is COc1cc(C=C2C(=O)C3=C(CC4C(=C3)OC(=O)N4C)C2C)cc(OC)c1OC. The number of hydrogen-bond donors (Lipinski definition) is 0. The van der Waals surface area contributed by atoms with Gasteiger partial charge in [-0.2, -0.15) is 0 Å². The maximum Gasteiger partial charge on any atom is 0.415 e. The molecule has 4 rings (SSSR count). The van der Waals surface area contributed by atoms with Crippen LogP contribution in [0.1, 0.15) is 18.9 Å².